The van der Waals surface area contributed by atoms with E-state index in [0.717, 1.165) is 23.7 Å². The van der Waals surface area contributed by atoms with Crippen molar-refractivity contribution in [3.05, 3.63) is 40.9 Å². The van der Waals surface area contributed by atoms with E-state index in [2.05, 4.69) is 31.1 Å². The third-order valence-corrected chi connectivity index (χ3v) is 4.50. The first-order chi connectivity index (χ1) is 10.6. The quantitative estimate of drug-likeness (QED) is 0.787. The number of nitrogens with zero attached hydrogens (tertiary/aromatic N) is 1. The summed E-state index contributed by atoms with van der Waals surface area (Å²) in [6, 6.07) is 8.23. The van der Waals surface area contributed by atoms with Gasteiger partial charge in [-0.2, -0.15) is 0 Å². The number of benzene rings is 1. The number of hydrogen-bond donors (Lipinski definition) is 1. The number of carbonyl (C=O) groups excluding carboxylic acids is 1. The molecule has 0 saturated heterocycles. The number of carboxylic acid groups (broad SMARTS) is 1. The number of hydrogen-bond acceptors (Lipinski definition) is 4. The first kappa shape index (κ1) is 16.6. The fraction of sp³-hybridized carbons (Fsp3) is 0.412. The smallest absolute Gasteiger partial charge is 0.124 e. The lowest BCUT2D eigenvalue weighted by Gasteiger charge is -2.15. The maximum atomic E-state index is 10.7. The van der Waals surface area contributed by atoms with E-state index in [0.29, 0.717) is 5.69 Å². The number of quaternary nitrogens is 1. The zero-order valence-corrected chi connectivity index (χ0v) is 13.9. The van der Waals surface area contributed by atoms with Crippen LogP contribution in [0.15, 0.2) is 29.6 Å². The van der Waals surface area contributed by atoms with Gasteiger partial charge in [0.1, 0.15) is 11.6 Å². The van der Waals surface area contributed by atoms with Crippen molar-refractivity contribution in [2.75, 3.05) is 13.6 Å². The lowest BCUT2D eigenvalue weighted by molar-refractivity contribution is -0.893. The molecule has 1 unspecified atom stereocenters. The first-order valence-corrected chi connectivity index (χ1v) is 8.52. The minimum Gasteiger partial charge on any atom is -0.550 e. The molecular formula is C17H22N2O2S. The standard InChI is InChI=1S/C17H22N2O2S/c1-3-4-9-19(2)11-13-7-5-6-8-15(13)17-18-14(12-22-17)10-16(20)21/h5-8,12H,3-4,9-11H2,1-2H3,(H,20,21). The number of aromatic nitrogens is 1. The van der Waals surface area contributed by atoms with E-state index < -0.39 is 5.97 Å². The SMILES string of the molecule is CCCC[NH+](C)Cc1ccccc1-c1nc(CC(=O)[O-])cs1. The Morgan fingerprint density at radius 1 is 1.36 bits per heavy atom. The van der Waals surface area contributed by atoms with Crippen molar-refractivity contribution in [3.8, 4) is 10.6 Å². The Morgan fingerprint density at radius 2 is 2.14 bits per heavy atom. The number of carbonyl (C=O) groups is 1. The molecule has 0 radical (unpaired) electrons. The van der Waals surface area contributed by atoms with Crippen LogP contribution in [0.3, 0.4) is 0 Å². The van der Waals surface area contributed by atoms with E-state index in [9.17, 15) is 9.90 Å². The zero-order valence-electron chi connectivity index (χ0n) is 13.1. The molecule has 0 aliphatic rings. The van der Waals surface area contributed by atoms with Crippen LogP contribution in [-0.2, 0) is 17.8 Å². The van der Waals surface area contributed by atoms with E-state index >= 15 is 0 Å². The summed E-state index contributed by atoms with van der Waals surface area (Å²) < 4.78 is 0. The van der Waals surface area contributed by atoms with Crippen molar-refractivity contribution < 1.29 is 14.8 Å². The normalized spacial score (nSPS) is 12.3. The largest absolute Gasteiger partial charge is 0.550 e. The van der Waals surface area contributed by atoms with Crippen LogP contribution in [0.1, 0.15) is 31.0 Å². The molecule has 1 aromatic carbocycles. The highest BCUT2D eigenvalue weighted by molar-refractivity contribution is 7.13. The van der Waals surface area contributed by atoms with Crippen LogP contribution in [0.4, 0.5) is 0 Å². The Labute approximate surface area is 135 Å². The zero-order chi connectivity index (χ0) is 15.9. The van der Waals surface area contributed by atoms with E-state index in [1.54, 1.807) is 5.38 Å². The summed E-state index contributed by atoms with van der Waals surface area (Å²) >= 11 is 1.49. The van der Waals surface area contributed by atoms with Crippen LogP contribution < -0.4 is 10.0 Å². The Kier molecular flexibility index (Phi) is 6.10. The van der Waals surface area contributed by atoms with E-state index in [1.165, 1.54) is 34.6 Å². The second kappa shape index (κ2) is 8.06. The van der Waals surface area contributed by atoms with E-state index in [-0.39, 0.29) is 6.42 Å². The molecule has 2 rings (SSSR count). The van der Waals surface area contributed by atoms with Gasteiger partial charge in [-0.1, -0.05) is 37.6 Å². The van der Waals surface area contributed by atoms with Crippen molar-refractivity contribution in [1.82, 2.24) is 4.98 Å². The third-order valence-electron chi connectivity index (χ3n) is 3.57. The summed E-state index contributed by atoms with van der Waals surface area (Å²) in [6.45, 7) is 4.31. The van der Waals surface area contributed by atoms with Gasteiger partial charge in [-0.3, -0.25) is 0 Å². The maximum Gasteiger partial charge on any atom is 0.124 e. The molecule has 1 heterocycles. The summed E-state index contributed by atoms with van der Waals surface area (Å²) in [4.78, 5) is 16.6. The summed E-state index contributed by atoms with van der Waals surface area (Å²) in [6.07, 6.45) is 2.30. The van der Waals surface area contributed by atoms with Gasteiger partial charge in [0.2, 0.25) is 0 Å². The van der Waals surface area contributed by atoms with Gasteiger partial charge in [-0.25, -0.2) is 4.98 Å². The molecule has 22 heavy (non-hydrogen) atoms. The summed E-state index contributed by atoms with van der Waals surface area (Å²) in [5.41, 5.74) is 2.93. The summed E-state index contributed by atoms with van der Waals surface area (Å²) in [5.74, 6) is -1.09. The molecule has 0 aliphatic carbocycles. The number of unbranched alkanes of at least 4 members (excludes halogenated alkanes) is 1. The maximum absolute atomic E-state index is 10.7. The monoisotopic (exact) mass is 318 g/mol. The first-order valence-electron chi connectivity index (χ1n) is 7.64. The second-order valence-electron chi connectivity index (χ2n) is 5.59. The summed E-state index contributed by atoms with van der Waals surface area (Å²) in [5, 5.41) is 13.4. The van der Waals surface area contributed by atoms with Gasteiger partial charge >= 0.3 is 0 Å². The van der Waals surface area contributed by atoms with Gasteiger partial charge in [0.05, 0.1) is 19.3 Å². The molecular weight excluding hydrogens is 296 g/mol. The minimum atomic E-state index is -1.09. The number of nitrogens with one attached hydrogen (secondary N) is 1. The fourth-order valence-corrected chi connectivity index (χ4v) is 3.31. The van der Waals surface area contributed by atoms with Crippen LogP contribution in [0.2, 0.25) is 0 Å². The lowest BCUT2D eigenvalue weighted by Crippen LogP contribution is -3.07. The molecule has 1 atom stereocenters. The molecule has 118 valence electrons. The molecule has 2 aromatic rings. The third kappa shape index (κ3) is 4.64. The minimum absolute atomic E-state index is 0.125. The van der Waals surface area contributed by atoms with Crippen LogP contribution in [0, 0.1) is 0 Å². The number of carboxylic acids is 1. The number of aliphatic carboxylic acids is 1. The highest BCUT2D eigenvalue weighted by Crippen LogP contribution is 2.26. The predicted octanol–water partition coefficient (Wildman–Crippen LogP) is 0.917. The molecule has 0 spiro atoms. The predicted molar refractivity (Wildman–Crippen MR) is 86.6 cm³/mol. The Bertz CT molecular complexity index is 625. The molecule has 0 amide bonds. The molecule has 1 aromatic heterocycles. The molecule has 0 fully saturated rings. The number of thiazole rings is 1. The van der Waals surface area contributed by atoms with Crippen molar-refractivity contribution in [3.63, 3.8) is 0 Å². The van der Waals surface area contributed by atoms with Gasteiger partial charge < -0.3 is 14.8 Å². The number of rotatable bonds is 8. The van der Waals surface area contributed by atoms with Crippen molar-refractivity contribution in [2.45, 2.75) is 32.7 Å². The fourth-order valence-electron chi connectivity index (χ4n) is 2.43. The van der Waals surface area contributed by atoms with Crippen LogP contribution >= 0.6 is 11.3 Å². The molecule has 0 saturated carbocycles. The molecule has 0 aliphatic heterocycles. The summed E-state index contributed by atoms with van der Waals surface area (Å²) in [7, 11) is 2.20. The van der Waals surface area contributed by atoms with Crippen molar-refractivity contribution >= 4 is 17.3 Å². The van der Waals surface area contributed by atoms with Gasteiger partial charge in [0.15, 0.2) is 0 Å². The topological polar surface area (TPSA) is 57.5 Å². The van der Waals surface area contributed by atoms with Crippen molar-refractivity contribution in [2.24, 2.45) is 0 Å². The highest BCUT2D eigenvalue weighted by Gasteiger charge is 2.12. The van der Waals surface area contributed by atoms with Gasteiger partial charge in [0, 0.05) is 28.9 Å². The molecule has 4 nitrogen and oxygen atoms in total. The van der Waals surface area contributed by atoms with E-state index in [1.807, 2.05) is 12.1 Å². The Hall–Kier alpha value is -1.72. The van der Waals surface area contributed by atoms with Crippen LogP contribution in [0.5, 0.6) is 0 Å². The van der Waals surface area contributed by atoms with E-state index in [4.69, 9.17) is 0 Å². The van der Waals surface area contributed by atoms with Gasteiger partial charge in [-0.05, 0) is 6.42 Å². The lowest BCUT2D eigenvalue weighted by atomic mass is 10.1. The van der Waals surface area contributed by atoms with Gasteiger partial charge in [-0.15, -0.1) is 11.3 Å². The van der Waals surface area contributed by atoms with Crippen LogP contribution in [0.25, 0.3) is 10.6 Å². The average Bonchev–Trinajstić information content (AvgIpc) is 2.93. The molecule has 1 N–H and O–H groups in total. The second-order valence-corrected chi connectivity index (χ2v) is 6.45. The van der Waals surface area contributed by atoms with Crippen molar-refractivity contribution in [1.29, 1.82) is 0 Å². The Morgan fingerprint density at radius 3 is 2.86 bits per heavy atom. The average molecular weight is 318 g/mol. The Balaban J connectivity index is 2.17. The van der Waals surface area contributed by atoms with Crippen LogP contribution in [-0.4, -0.2) is 24.5 Å². The molecule has 0 bridgehead atoms. The van der Waals surface area contributed by atoms with Gasteiger partial charge in [0.25, 0.3) is 0 Å². The highest BCUT2D eigenvalue weighted by atomic mass is 32.1. The molecule has 5 heteroatoms.